The third-order valence-corrected chi connectivity index (χ3v) is 6.54. The summed E-state index contributed by atoms with van der Waals surface area (Å²) in [7, 11) is 0. The van der Waals surface area contributed by atoms with E-state index in [9.17, 15) is 9.90 Å². The lowest BCUT2D eigenvalue weighted by molar-refractivity contribution is 0.0910. The standard InChI is InChI=1S/C26H28N2O3/c1-5-28-19-9-7-6-8-17(19)18-12-16(10-11-20(18)28)27-25(30)24-15(2)23-21(29)13-26(3,4)14-22(23)31-24/h6-12,21,29H,5,13-14H2,1-4H3,(H,27,30). The Morgan fingerprint density at radius 2 is 1.94 bits per heavy atom. The van der Waals surface area contributed by atoms with Crippen molar-refractivity contribution >= 4 is 33.4 Å². The lowest BCUT2D eigenvalue weighted by atomic mass is 9.75. The average molecular weight is 417 g/mol. The van der Waals surface area contributed by atoms with Gasteiger partial charge in [-0.3, -0.25) is 4.79 Å². The number of rotatable bonds is 3. The van der Waals surface area contributed by atoms with Crippen LogP contribution in [0.4, 0.5) is 5.69 Å². The van der Waals surface area contributed by atoms with Crippen LogP contribution in [0.5, 0.6) is 0 Å². The predicted molar refractivity (Wildman–Crippen MR) is 124 cm³/mol. The summed E-state index contributed by atoms with van der Waals surface area (Å²) >= 11 is 0. The second-order valence-electron chi connectivity index (χ2n) is 9.40. The van der Waals surface area contributed by atoms with Gasteiger partial charge in [-0.1, -0.05) is 32.0 Å². The molecule has 5 rings (SSSR count). The number of furan rings is 1. The molecule has 1 atom stereocenters. The van der Waals surface area contributed by atoms with Crippen LogP contribution in [0.15, 0.2) is 46.9 Å². The van der Waals surface area contributed by atoms with Crippen LogP contribution in [0.25, 0.3) is 21.8 Å². The molecule has 1 aliphatic carbocycles. The number of carbonyl (C=O) groups excluding carboxylic acids is 1. The maximum Gasteiger partial charge on any atom is 0.291 e. The Balaban J connectivity index is 1.51. The van der Waals surface area contributed by atoms with Crippen LogP contribution in [0.2, 0.25) is 0 Å². The summed E-state index contributed by atoms with van der Waals surface area (Å²) in [5, 5.41) is 15.9. The van der Waals surface area contributed by atoms with E-state index in [0.29, 0.717) is 6.42 Å². The van der Waals surface area contributed by atoms with Crippen LogP contribution in [-0.2, 0) is 13.0 Å². The number of fused-ring (bicyclic) bond motifs is 4. The highest BCUT2D eigenvalue weighted by Gasteiger charge is 2.37. The number of amides is 1. The molecule has 0 saturated heterocycles. The number of aliphatic hydroxyl groups excluding tert-OH is 1. The number of nitrogens with one attached hydrogen (secondary N) is 1. The third-order valence-electron chi connectivity index (χ3n) is 6.54. The molecule has 2 aromatic heterocycles. The van der Waals surface area contributed by atoms with Crippen molar-refractivity contribution in [3.63, 3.8) is 0 Å². The van der Waals surface area contributed by atoms with Gasteiger partial charge in [-0.25, -0.2) is 0 Å². The van der Waals surface area contributed by atoms with E-state index in [1.165, 1.54) is 10.9 Å². The van der Waals surface area contributed by atoms with Crippen LogP contribution in [-0.4, -0.2) is 15.6 Å². The first-order valence-corrected chi connectivity index (χ1v) is 10.9. The number of aromatic nitrogens is 1. The van der Waals surface area contributed by atoms with E-state index in [2.05, 4.69) is 48.9 Å². The van der Waals surface area contributed by atoms with Crippen molar-refractivity contribution in [2.24, 2.45) is 5.41 Å². The molecule has 0 saturated carbocycles. The van der Waals surface area contributed by atoms with Gasteiger partial charge in [-0.2, -0.15) is 0 Å². The van der Waals surface area contributed by atoms with E-state index in [1.54, 1.807) is 0 Å². The van der Waals surface area contributed by atoms with Crippen molar-refractivity contribution < 1.29 is 14.3 Å². The molecule has 1 aliphatic rings. The second-order valence-corrected chi connectivity index (χ2v) is 9.40. The molecule has 160 valence electrons. The Labute approximate surface area is 181 Å². The Kier molecular flexibility index (Phi) is 4.48. The van der Waals surface area contributed by atoms with Gasteiger partial charge in [0.1, 0.15) is 5.76 Å². The smallest absolute Gasteiger partial charge is 0.291 e. The van der Waals surface area contributed by atoms with Crippen molar-refractivity contribution in [3.05, 3.63) is 65.1 Å². The molecule has 31 heavy (non-hydrogen) atoms. The summed E-state index contributed by atoms with van der Waals surface area (Å²) in [4.78, 5) is 13.1. The number of hydrogen-bond acceptors (Lipinski definition) is 3. The SMILES string of the molecule is CCn1c2ccccc2c2cc(NC(=O)c3oc4c(c3C)C(O)CC(C)(C)C4)ccc21. The third kappa shape index (κ3) is 3.15. The zero-order valence-corrected chi connectivity index (χ0v) is 18.5. The van der Waals surface area contributed by atoms with Crippen LogP contribution in [0, 0.1) is 12.3 Å². The quantitative estimate of drug-likeness (QED) is 0.432. The fourth-order valence-corrected chi connectivity index (χ4v) is 5.16. The topological polar surface area (TPSA) is 67.4 Å². The summed E-state index contributed by atoms with van der Waals surface area (Å²) in [6.07, 6.45) is 0.788. The summed E-state index contributed by atoms with van der Waals surface area (Å²) < 4.78 is 8.26. The first-order chi connectivity index (χ1) is 14.8. The fourth-order valence-electron chi connectivity index (χ4n) is 5.16. The molecule has 0 spiro atoms. The highest BCUT2D eigenvalue weighted by atomic mass is 16.4. The van der Waals surface area contributed by atoms with Crippen LogP contribution in [0.3, 0.4) is 0 Å². The Morgan fingerprint density at radius 1 is 1.19 bits per heavy atom. The van der Waals surface area contributed by atoms with Gasteiger partial charge in [0.05, 0.1) is 6.10 Å². The largest absolute Gasteiger partial charge is 0.455 e. The molecule has 5 nitrogen and oxygen atoms in total. The summed E-state index contributed by atoms with van der Waals surface area (Å²) in [6, 6.07) is 14.3. The van der Waals surface area contributed by atoms with Gasteiger partial charge in [0.25, 0.3) is 5.91 Å². The highest BCUT2D eigenvalue weighted by Crippen LogP contribution is 2.44. The number of hydrogen-bond donors (Lipinski definition) is 2. The second kappa shape index (κ2) is 6.99. The zero-order chi connectivity index (χ0) is 21.9. The molecule has 0 radical (unpaired) electrons. The van der Waals surface area contributed by atoms with Crippen molar-refractivity contribution in [2.45, 2.75) is 53.2 Å². The minimum Gasteiger partial charge on any atom is -0.455 e. The van der Waals surface area contributed by atoms with Crippen LogP contribution < -0.4 is 5.32 Å². The Hall–Kier alpha value is -3.05. The van der Waals surface area contributed by atoms with Crippen LogP contribution in [0.1, 0.15) is 60.7 Å². The normalized spacial score (nSPS) is 17.8. The summed E-state index contributed by atoms with van der Waals surface area (Å²) in [5.74, 6) is 0.737. The molecule has 1 unspecified atom stereocenters. The van der Waals surface area contributed by atoms with E-state index in [0.717, 1.165) is 46.4 Å². The lowest BCUT2D eigenvalue weighted by Gasteiger charge is -2.31. The van der Waals surface area contributed by atoms with Gasteiger partial charge in [-0.05, 0) is 49.9 Å². The highest BCUT2D eigenvalue weighted by molar-refractivity contribution is 6.11. The number of aryl methyl sites for hydroxylation is 1. The van der Waals surface area contributed by atoms with E-state index < -0.39 is 6.10 Å². The fraction of sp³-hybridized carbons (Fsp3) is 0.346. The molecule has 0 aliphatic heterocycles. The molecule has 0 bridgehead atoms. The molecule has 5 heteroatoms. The molecule has 2 aromatic carbocycles. The first kappa shape index (κ1) is 19.9. The van der Waals surface area contributed by atoms with Gasteiger partial charge in [0.15, 0.2) is 5.76 Å². The van der Waals surface area contributed by atoms with Gasteiger partial charge in [0.2, 0.25) is 0 Å². The molecule has 4 aromatic rings. The zero-order valence-electron chi connectivity index (χ0n) is 18.5. The average Bonchev–Trinajstić information content (AvgIpc) is 3.21. The van der Waals surface area contributed by atoms with Gasteiger partial charge < -0.3 is 19.4 Å². The van der Waals surface area contributed by atoms with Gasteiger partial charge >= 0.3 is 0 Å². The Morgan fingerprint density at radius 3 is 2.71 bits per heavy atom. The van der Waals surface area contributed by atoms with E-state index in [1.807, 2.05) is 31.2 Å². The molecule has 1 amide bonds. The number of nitrogens with zero attached hydrogens (tertiary/aromatic N) is 1. The maximum atomic E-state index is 13.1. The van der Waals surface area contributed by atoms with E-state index in [-0.39, 0.29) is 17.1 Å². The minimum absolute atomic E-state index is 0.0526. The number of benzene rings is 2. The minimum atomic E-state index is -0.597. The van der Waals surface area contributed by atoms with E-state index >= 15 is 0 Å². The van der Waals surface area contributed by atoms with Crippen molar-refractivity contribution in [1.82, 2.24) is 4.57 Å². The van der Waals surface area contributed by atoms with Crippen molar-refractivity contribution in [3.8, 4) is 0 Å². The first-order valence-electron chi connectivity index (χ1n) is 10.9. The number of para-hydroxylation sites is 1. The van der Waals surface area contributed by atoms with Crippen LogP contribution >= 0.6 is 0 Å². The number of anilines is 1. The van der Waals surface area contributed by atoms with E-state index in [4.69, 9.17) is 4.42 Å². The molecule has 0 fully saturated rings. The van der Waals surface area contributed by atoms with Crippen molar-refractivity contribution in [1.29, 1.82) is 0 Å². The number of carbonyl (C=O) groups is 1. The maximum absolute atomic E-state index is 13.1. The molecular weight excluding hydrogens is 388 g/mol. The summed E-state index contributed by atoms with van der Waals surface area (Å²) in [5.41, 5.74) is 4.53. The number of aliphatic hydroxyl groups is 1. The lowest BCUT2D eigenvalue weighted by Crippen LogP contribution is -2.24. The van der Waals surface area contributed by atoms with Crippen molar-refractivity contribution in [2.75, 3.05) is 5.32 Å². The Bertz CT molecular complexity index is 1330. The monoisotopic (exact) mass is 416 g/mol. The molecular formula is C26H28N2O3. The van der Waals surface area contributed by atoms with Gasteiger partial charge in [-0.15, -0.1) is 0 Å². The van der Waals surface area contributed by atoms with Gasteiger partial charge in [0, 0.05) is 51.6 Å². The predicted octanol–water partition coefficient (Wildman–Crippen LogP) is 5.97. The molecule has 2 heterocycles. The summed E-state index contributed by atoms with van der Waals surface area (Å²) in [6.45, 7) is 9.10. The molecule has 2 N–H and O–H groups in total.